The molecule has 0 unspecified atom stereocenters. The van der Waals surface area contributed by atoms with E-state index in [0.29, 0.717) is 16.7 Å². The van der Waals surface area contributed by atoms with Crippen molar-refractivity contribution in [3.05, 3.63) is 10.4 Å². The third kappa shape index (κ3) is 2.64. The first-order valence-electron chi connectivity index (χ1n) is 6.93. The molecular formula is C14H19N3OS2. The maximum Gasteiger partial charge on any atom is 0.190 e. The van der Waals surface area contributed by atoms with Crippen molar-refractivity contribution in [1.82, 2.24) is 9.97 Å². The molecule has 0 saturated carbocycles. The fraction of sp³-hybridized carbons (Fsp3) is 0.571. The summed E-state index contributed by atoms with van der Waals surface area (Å²) in [6, 6.07) is 0. The number of aliphatic hydroxyl groups excluding tert-OH is 1. The molecule has 3 rings (SSSR count). The lowest BCUT2D eigenvalue weighted by molar-refractivity contribution is 0.220. The highest BCUT2D eigenvalue weighted by atomic mass is 32.2. The number of thiophene rings is 1. The van der Waals surface area contributed by atoms with Gasteiger partial charge < -0.3 is 10.8 Å². The van der Waals surface area contributed by atoms with Crippen LogP contribution in [0, 0.1) is 5.92 Å². The third-order valence-corrected chi connectivity index (χ3v) is 5.85. The molecule has 6 heteroatoms. The average Bonchev–Trinajstić information content (AvgIpc) is 2.73. The smallest absolute Gasteiger partial charge is 0.190 e. The highest BCUT2D eigenvalue weighted by molar-refractivity contribution is 7.99. The molecule has 0 spiro atoms. The molecule has 0 aromatic carbocycles. The van der Waals surface area contributed by atoms with Crippen molar-refractivity contribution in [2.45, 2.75) is 44.4 Å². The molecule has 2 heterocycles. The fourth-order valence-electron chi connectivity index (χ4n) is 2.61. The zero-order chi connectivity index (χ0) is 14.3. The number of aliphatic hydroxyl groups is 1. The molecule has 20 heavy (non-hydrogen) atoms. The monoisotopic (exact) mass is 309 g/mol. The first-order chi connectivity index (χ1) is 9.54. The maximum absolute atomic E-state index is 9.35. The van der Waals surface area contributed by atoms with Crippen LogP contribution in [0.3, 0.4) is 0 Å². The van der Waals surface area contributed by atoms with Gasteiger partial charge in [0.05, 0.1) is 11.5 Å². The Hall–Kier alpha value is -0.850. The van der Waals surface area contributed by atoms with Gasteiger partial charge in [0.2, 0.25) is 0 Å². The zero-order valence-electron chi connectivity index (χ0n) is 11.7. The van der Waals surface area contributed by atoms with Crippen LogP contribution >= 0.6 is 23.1 Å². The predicted octanol–water partition coefficient (Wildman–Crippen LogP) is 2.87. The standard InChI is InChI=1S/C14H19N3OS2/c1-7-3-4-9-10(5-7)20-13-11(9)12(15)16-14(17-13)19-6-8(2)18/h7-8,18H,3-6H2,1-2H3,(H2,15,16,17)/t7-,8+/m0/s1. The van der Waals surface area contributed by atoms with E-state index in [1.165, 1.54) is 28.6 Å². The van der Waals surface area contributed by atoms with Crippen molar-refractivity contribution in [2.24, 2.45) is 5.92 Å². The van der Waals surface area contributed by atoms with E-state index in [0.717, 1.165) is 29.0 Å². The van der Waals surface area contributed by atoms with Crippen molar-refractivity contribution < 1.29 is 5.11 Å². The summed E-state index contributed by atoms with van der Waals surface area (Å²) >= 11 is 3.22. The van der Waals surface area contributed by atoms with E-state index in [9.17, 15) is 5.11 Å². The van der Waals surface area contributed by atoms with Gasteiger partial charge in [-0.2, -0.15) is 0 Å². The number of aromatic nitrogens is 2. The zero-order valence-corrected chi connectivity index (χ0v) is 13.4. The number of nitrogen functional groups attached to an aromatic ring is 1. The first kappa shape index (κ1) is 14.1. The Morgan fingerprint density at radius 2 is 2.30 bits per heavy atom. The lowest BCUT2D eigenvalue weighted by Gasteiger charge is -2.17. The van der Waals surface area contributed by atoms with Crippen LogP contribution in [0.1, 0.15) is 30.7 Å². The van der Waals surface area contributed by atoms with Gasteiger partial charge in [-0.3, -0.25) is 0 Å². The van der Waals surface area contributed by atoms with E-state index in [1.807, 2.05) is 0 Å². The van der Waals surface area contributed by atoms with Gasteiger partial charge in [-0.1, -0.05) is 18.7 Å². The first-order valence-corrected chi connectivity index (χ1v) is 8.73. The Morgan fingerprint density at radius 3 is 3.05 bits per heavy atom. The lowest BCUT2D eigenvalue weighted by atomic mass is 9.89. The van der Waals surface area contributed by atoms with Crippen molar-refractivity contribution in [3.8, 4) is 0 Å². The molecule has 0 aliphatic heterocycles. The quantitative estimate of drug-likeness (QED) is 0.674. The number of thioether (sulfide) groups is 1. The summed E-state index contributed by atoms with van der Waals surface area (Å²) in [6.07, 6.45) is 3.07. The minimum absolute atomic E-state index is 0.363. The van der Waals surface area contributed by atoms with Crippen LogP contribution in [0.25, 0.3) is 10.2 Å². The molecule has 4 nitrogen and oxygen atoms in total. The Morgan fingerprint density at radius 1 is 1.50 bits per heavy atom. The van der Waals surface area contributed by atoms with Gasteiger partial charge >= 0.3 is 0 Å². The largest absolute Gasteiger partial charge is 0.393 e. The Kier molecular flexibility index (Phi) is 3.88. The molecule has 1 aliphatic carbocycles. The summed E-state index contributed by atoms with van der Waals surface area (Å²) in [5, 5.41) is 11.1. The second-order valence-electron chi connectivity index (χ2n) is 5.58. The van der Waals surface area contributed by atoms with Crippen LogP contribution in [-0.2, 0) is 12.8 Å². The minimum Gasteiger partial charge on any atom is -0.393 e. The topological polar surface area (TPSA) is 72.0 Å². The minimum atomic E-state index is -0.363. The van der Waals surface area contributed by atoms with Gasteiger partial charge in [0, 0.05) is 10.6 Å². The number of aryl methyl sites for hydroxylation is 1. The van der Waals surface area contributed by atoms with E-state index in [1.54, 1.807) is 18.3 Å². The van der Waals surface area contributed by atoms with Crippen LogP contribution in [0.2, 0.25) is 0 Å². The predicted molar refractivity (Wildman–Crippen MR) is 85.4 cm³/mol. The van der Waals surface area contributed by atoms with E-state index in [-0.39, 0.29) is 6.10 Å². The van der Waals surface area contributed by atoms with Crippen LogP contribution in [0.15, 0.2) is 5.16 Å². The Balaban J connectivity index is 2.00. The summed E-state index contributed by atoms with van der Waals surface area (Å²) in [5.41, 5.74) is 7.51. The van der Waals surface area contributed by atoms with Crippen molar-refractivity contribution in [1.29, 1.82) is 0 Å². The van der Waals surface area contributed by atoms with Gasteiger partial charge in [0.1, 0.15) is 10.6 Å². The molecule has 2 aromatic heterocycles. The SMILES string of the molecule is C[C@H]1CCc2c(sc3nc(SC[C@@H](C)O)nc(N)c23)C1. The number of hydrogen-bond donors (Lipinski definition) is 2. The van der Waals surface area contributed by atoms with Crippen molar-refractivity contribution in [3.63, 3.8) is 0 Å². The van der Waals surface area contributed by atoms with Crippen molar-refractivity contribution in [2.75, 3.05) is 11.5 Å². The van der Waals surface area contributed by atoms with Crippen LogP contribution < -0.4 is 5.73 Å². The summed E-state index contributed by atoms with van der Waals surface area (Å²) in [7, 11) is 0. The molecule has 0 radical (unpaired) electrons. The molecule has 0 amide bonds. The van der Waals surface area contributed by atoms with Crippen LogP contribution in [0.5, 0.6) is 0 Å². The number of anilines is 1. The molecule has 1 aliphatic rings. The average molecular weight is 309 g/mol. The van der Waals surface area contributed by atoms with Gasteiger partial charge in [0.15, 0.2) is 5.16 Å². The van der Waals surface area contributed by atoms with E-state index >= 15 is 0 Å². The molecule has 0 fully saturated rings. The van der Waals surface area contributed by atoms with Crippen LogP contribution in [0.4, 0.5) is 5.82 Å². The van der Waals surface area contributed by atoms with Gasteiger partial charge in [0.25, 0.3) is 0 Å². The fourth-order valence-corrected chi connectivity index (χ4v) is 4.77. The molecular weight excluding hydrogens is 290 g/mol. The molecule has 2 atom stereocenters. The second kappa shape index (κ2) is 5.50. The number of nitrogens with zero attached hydrogens (tertiary/aromatic N) is 2. The van der Waals surface area contributed by atoms with Gasteiger partial charge in [-0.05, 0) is 37.7 Å². The highest BCUT2D eigenvalue weighted by Crippen LogP contribution is 2.39. The maximum atomic E-state index is 9.35. The molecule has 3 N–H and O–H groups in total. The van der Waals surface area contributed by atoms with E-state index < -0.39 is 0 Å². The summed E-state index contributed by atoms with van der Waals surface area (Å²) in [4.78, 5) is 11.4. The molecule has 108 valence electrons. The van der Waals surface area contributed by atoms with E-state index in [4.69, 9.17) is 5.73 Å². The number of fused-ring (bicyclic) bond motifs is 3. The summed E-state index contributed by atoms with van der Waals surface area (Å²) in [6.45, 7) is 4.06. The van der Waals surface area contributed by atoms with Gasteiger partial charge in [-0.25, -0.2) is 9.97 Å². The Labute approximate surface area is 126 Å². The van der Waals surface area contributed by atoms with E-state index in [2.05, 4.69) is 16.9 Å². The molecule has 0 saturated heterocycles. The third-order valence-electron chi connectivity index (χ3n) is 3.62. The summed E-state index contributed by atoms with van der Waals surface area (Å²) < 4.78 is 0. The normalized spacial score (nSPS) is 20.1. The van der Waals surface area contributed by atoms with Crippen LogP contribution in [-0.4, -0.2) is 26.9 Å². The van der Waals surface area contributed by atoms with Gasteiger partial charge in [-0.15, -0.1) is 11.3 Å². The number of hydrogen-bond acceptors (Lipinski definition) is 6. The Bertz CT molecular complexity index is 639. The lowest BCUT2D eigenvalue weighted by Crippen LogP contribution is -2.09. The van der Waals surface area contributed by atoms with Crippen molar-refractivity contribution >= 4 is 39.1 Å². The number of rotatable bonds is 3. The molecule has 2 aromatic rings. The summed E-state index contributed by atoms with van der Waals surface area (Å²) in [5.74, 6) is 1.93. The second-order valence-corrected chi connectivity index (χ2v) is 7.65. The molecule has 0 bridgehead atoms. The number of nitrogens with two attached hydrogens (primary N) is 1. The highest BCUT2D eigenvalue weighted by Gasteiger charge is 2.23.